The predicted molar refractivity (Wildman–Crippen MR) is 143 cm³/mol. The minimum Gasteiger partial charge on any atom is -0.493 e. The Labute approximate surface area is 233 Å². The number of nitrogens with one attached hydrogen (secondary N) is 1. The summed E-state index contributed by atoms with van der Waals surface area (Å²) in [5.74, 6) is -1.12. The number of nitrogens with zero attached hydrogens (tertiary/aromatic N) is 1. The molecule has 39 heavy (non-hydrogen) atoms. The molecule has 1 aromatic heterocycles. The number of rotatable bonds is 13. The second-order valence-corrected chi connectivity index (χ2v) is 9.86. The first-order valence-electron chi connectivity index (χ1n) is 12.9. The number of halogens is 1. The van der Waals surface area contributed by atoms with Gasteiger partial charge in [0, 0.05) is 30.8 Å². The van der Waals surface area contributed by atoms with E-state index in [0.29, 0.717) is 10.8 Å². The van der Waals surface area contributed by atoms with Gasteiger partial charge in [0.15, 0.2) is 17.2 Å². The van der Waals surface area contributed by atoms with Gasteiger partial charge in [-0.1, -0.05) is 37.4 Å². The molecule has 1 saturated carbocycles. The van der Waals surface area contributed by atoms with Gasteiger partial charge < -0.3 is 29.0 Å². The third-order valence-corrected chi connectivity index (χ3v) is 6.67. The summed E-state index contributed by atoms with van der Waals surface area (Å²) >= 11 is 6.12. The first-order valence-corrected chi connectivity index (χ1v) is 13.3. The summed E-state index contributed by atoms with van der Waals surface area (Å²) in [5, 5.41) is 3.25. The number of benzene rings is 1. The fraction of sp³-hybridized carbons (Fsp3) is 0.500. The molecule has 3 atom stereocenters. The summed E-state index contributed by atoms with van der Waals surface area (Å²) in [6.07, 6.45) is 4.74. The lowest BCUT2D eigenvalue weighted by Crippen LogP contribution is -2.41. The highest BCUT2D eigenvalue weighted by atomic mass is 35.5. The quantitative estimate of drug-likeness (QED) is 0.276. The Bertz CT molecular complexity index is 1140. The van der Waals surface area contributed by atoms with Crippen LogP contribution in [0.4, 0.5) is 0 Å². The van der Waals surface area contributed by atoms with Crippen molar-refractivity contribution in [2.24, 2.45) is 11.8 Å². The average Bonchev–Trinajstić information content (AvgIpc) is 3.44. The molecule has 1 N–H and O–H groups in total. The van der Waals surface area contributed by atoms with Crippen molar-refractivity contribution < 1.29 is 38.1 Å². The Kier molecular flexibility index (Phi) is 11.2. The van der Waals surface area contributed by atoms with Crippen molar-refractivity contribution >= 4 is 29.4 Å². The number of hydrogen-bond acceptors (Lipinski definition) is 9. The summed E-state index contributed by atoms with van der Waals surface area (Å²) in [6, 6.07) is 8.67. The molecule has 1 heterocycles. The summed E-state index contributed by atoms with van der Waals surface area (Å²) < 4.78 is 27.5. The monoisotopic (exact) mass is 562 g/mol. The van der Waals surface area contributed by atoms with Crippen molar-refractivity contribution in [3.63, 3.8) is 0 Å². The minimum absolute atomic E-state index is 0.00406. The van der Waals surface area contributed by atoms with E-state index in [9.17, 15) is 14.4 Å². The van der Waals surface area contributed by atoms with E-state index in [1.165, 1.54) is 26.3 Å². The number of pyridine rings is 1. The van der Waals surface area contributed by atoms with E-state index in [2.05, 4.69) is 10.3 Å². The molecule has 1 amide bonds. The third kappa shape index (κ3) is 8.74. The van der Waals surface area contributed by atoms with E-state index >= 15 is 0 Å². The van der Waals surface area contributed by atoms with Crippen LogP contribution in [0.25, 0.3) is 0 Å². The molecule has 1 aromatic carbocycles. The Morgan fingerprint density at radius 2 is 1.90 bits per heavy atom. The van der Waals surface area contributed by atoms with Gasteiger partial charge in [-0.25, -0.2) is 4.98 Å². The summed E-state index contributed by atoms with van der Waals surface area (Å²) in [4.78, 5) is 41.0. The van der Waals surface area contributed by atoms with Gasteiger partial charge in [0.1, 0.15) is 18.0 Å². The van der Waals surface area contributed by atoms with Gasteiger partial charge in [0.2, 0.25) is 6.79 Å². The molecular formula is C28H35ClN2O8. The normalized spacial score (nSPS) is 15.5. The Morgan fingerprint density at radius 3 is 2.56 bits per heavy atom. The fourth-order valence-corrected chi connectivity index (χ4v) is 4.58. The Hall–Kier alpha value is -3.53. The van der Waals surface area contributed by atoms with Gasteiger partial charge in [-0.3, -0.25) is 14.4 Å². The van der Waals surface area contributed by atoms with Crippen LogP contribution in [-0.4, -0.2) is 55.5 Å². The summed E-state index contributed by atoms with van der Waals surface area (Å²) in [7, 11) is 1.41. The van der Waals surface area contributed by atoms with Crippen LogP contribution < -0.4 is 19.5 Å². The van der Waals surface area contributed by atoms with Crippen molar-refractivity contribution in [2.45, 2.75) is 58.7 Å². The number of amides is 1. The molecule has 1 aliphatic carbocycles. The smallest absolute Gasteiger partial charge is 0.310 e. The number of ether oxygens (including phenoxy) is 5. The molecule has 11 heteroatoms. The van der Waals surface area contributed by atoms with Gasteiger partial charge in [0.25, 0.3) is 5.91 Å². The van der Waals surface area contributed by atoms with Gasteiger partial charge in [-0.15, -0.1) is 0 Å². The largest absolute Gasteiger partial charge is 0.493 e. The number of aromatic nitrogens is 1. The predicted octanol–water partition coefficient (Wildman–Crippen LogP) is 4.58. The molecule has 3 rings (SSSR count). The standard InChI is InChI=1S/C28H35ClN2O8/c1-17(15-31-27(33)24-26(37-16-36-19(3)32)23(35-4)12-13-30-24)28(34)38-18(2)25(20-8-5-6-9-20)39-22-11-7-10-21(29)14-22/h7,10-14,17-18,20,25H,5-6,8-9,15-16H2,1-4H3,(H,31,33)/t17?,18-,25?/m0/s1. The van der Waals surface area contributed by atoms with Crippen molar-refractivity contribution in [2.75, 3.05) is 20.4 Å². The van der Waals surface area contributed by atoms with Crippen LogP contribution in [0.5, 0.6) is 17.2 Å². The highest BCUT2D eigenvalue weighted by molar-refractivity contribution is 6.30. The highest BCUT2D eigenvalue weighted by Crippen LogP contribution is 2.33. The van der Waals surface area contributed by atoms with Crippen LogP contribution in [0, 0.1) is 11.8 Å². The van der Waals surface area contributed by atoms with Gasteiger partial charge in [-0.05, 0) is 43.9 Å². The molecule has 0 saturated heterocycles. The van der Waals surface area contributed by atoms with E-state index < -0.39 is 36.7 Å². The molecule has 2 aromatic rings. The molecule has 212 valence electrons. The van der Waals surface area contributed by atoms with E-state index in [0.717, 1.165) is 25.7 Å². The van der Waals surface area contributed by atoms with Gasteiger partial charge >= 0.3 is 11.9 Å². The molecule has 1 aliphatic rings. The zero-order valence-electron chi connectivity index (χ0n) is 22.6. The molecule has 10 nitrogen and oxygen atoms in total. The molecule has 2 unspecified atom stereocenters. The number of methoxy groups -OCH3 is 1. The second kappa shape index (κ2) is 14.6. The van der Waals surface area contributed by atoms with Crippen LogP contribution in [-0.2, 0) is 19.1 Å². The van der Waals surface area contributed by atoms with Crippen LogP contribution in [0.15, 0.2) is 36.5 Å². The summed E-state index contributed by atoms with van der Waals surface area (Å²) in [5.41, 5.74) is -0.0772. The minimum atomic E-state index is -0.650. The van der Waals surface area contributed by atoms with Crippen molar-refractivity contribution in [1.82, 2.24) is 10.3 Å². The highest BCUT2D eigenvalue weighted by Gasteiger charge is 2.34. The van der Waals surface area contributed by atoms with E-state index in [-0.39, 0.29) is 35.8 Å². The Morgan fingerprint density at radius 1 is 1.15 bits per heavy atom. The zero-order chi connectivity index (χ0) is 28.4. The van der Waals surface area contributed by atoms with E-state index in [1.54, 1.807) is 19.1 Å². The number of carbonyl (C=O) groups is 3. The summed E-state index contributed by atoms with van der Waals surface area (Å²) in [6.45, 7) is 4.30. The number of hydrogen-bond donors (Lipinski definition) is 1. The lowest BCUT2D eigenvalue weighted by atomic mass is 9.96. The fourth-order valence-electron chi connectivity index (χ4n) is 4.40. The van der Waals surface area contributed by atoms with Crippen molar-refractivity contribution in [3.05, 3.63) is 47.2 Å². The maximum Gasteiger partial charge on any atom is 0.310 e. The van der Waals surface area contributed by atoms with Crippen LogP contribution in [0.2, 0.25) is 5.02 Å². The maximum atomic E-state index is 12.9. The van der Waals surface area contributed by atoms with Gasteiger partial charge in [0.05, 0.1) is 13.0 Å². The lowest BCUT2D eigenvalue weighted by Gasteiger charge is -2.30. The second-order valence-electron chi connectivity index (χ2n) is 9.43. The topological polar surface area (TPSA) is 122 Å². The lowest BCUT2D eigenvalue weighted by molar-refractivity contribution is -0.158. The molecule has 0 bridgehead atoms. The van der Waals surface area contributed by atoms with Crippen LogP contribution >= 0.6 is 11.6 Å². The SMILES string of the molecule is COc1ccnc(C(=O)NCC(C)C(=O)O[C@@H](C)C(Oc2cccc(Cl)c2)C2CCCC2)c1OCOC(C)=O. The number of esters is 2. The first-order chi connectivity index (χ1) is 18.7. The number of carbonyl (C=O) groups excluding carboxylic acids is 3. The molecular weight excluding hydrogens is 528 g/mol. The Balaban J connectivity index is 1.60. The van der Waals surface area contributed by atoms with Crippen molar-refractivity contribution in [3.8, 4) is 17.2 Å². The maximum absolute atomic E-state index is 12.9. The van der Waals surface area contributed by atoms with Gasteiger partial charge in [-0.2, -0.15) is 0 Å². The first kappa shape index (κ1) is 30.0. The van der Waals surface area contributed by atoms with E-state index in [4.69, 9.17) is 35.3 Å². The zero-order valence-corrected chi connectivity index (χ0v) is 23.4. The van der Waals surface area contributed by atoms with Crippen LogP contribution in [0.1, 0.15) is 56.9 Å². The van der Waals surface area contributed by atoms with E-state index in [1.807, 2.05) is 19.1 Å². The molecule has 0 aliphatic heterocycles. The van der Waals surface area contributed by atoms with Crippen LogP contribution in [0.3, 0.4) is 0 Å². The molecule has 0 spiro atoms. The average molecular weight is 563 g/mol. The molecule has 1 fully saturated rings. The van der Waals surface area contributed by atoms with Crippen molar-refractivity contribution in [1.29, 1.82) is 0 Å². The third-order valence-electron chi connectivity index (χ3n) is 6.44. The molecule has 0 radical (unpaired) electrons.